The predicted molar refractivity (Wildman–Crippen MR) is 107 cm³/mol. The number of carbonyl (C=O) groups is 1. The van der Waals surface area contributed by atoms with Crippen molar-refractivity contribution in [2.45, 2.75) is 4.16 Å². The highest BCUT2D eigenvalue weighted by Gasteiger charge is 2.37. The number of halogens is 1. The maximum atomic E-state index is 13.3. The standard InChI is InChI=1S/C20H16BrNO3S/c21-20(19(23)16-10-4-1-5-11-16)26(24,25)22(17-12-6-2-7-13-17)18-14-8-3-9-15-18/h1-15,20H. The van der Waals surface area contributed by atoms with Gasteiger partial charge in [0.2, 0.25) is 0 Å². The van der Waals surface area contributed by atoms with Crippen LogP contribution in [0.3, 0.4) is 0 Å². The quantitative estimate of drug-likeness (QED) is 0.419. The number of ketones is 1. The van der Waals surface area contributed by atoms with Crippen LogP contribution in [-0.4, -0.2) is 18.4 Å². The summed E-state index contributed by atoms with van der Waals surface area (Å²) in [4.78, 5) is 12.7. The average Bonchev–Trinajstić information content (AvgIpc) is 2.69. The third-order valence-electron chi connectivity index (χ3n) is 3.76. The third-order valence-corrected chi connectivity index (χ3v) is 7.26. The summed E-state index contributed by atoms with van der Waals surface area (Å²) in [6.45, 7) is 0. The smallest absolute Gasteiger partial charge is 0.260 e. The van der Waals surface area contributed by atoms with Crippen LogP contribution in [0.1, 0.15) is 10.4 Å². The molecule has 1 atom stereocenters. The number of hydrogen-bond acceptors (Lipinski definition) is 3. The number of anilines is 2. The highest BCUT2D eigenvalue weighted by Crippen LogP contribution is 2.32. The molecule has 0 radical (unpaired) electrons. The van der Waals surface area contributed by atoms with Crippen LogP contribution in [0.4, 0.5) is 11.4 Å². The molecule has 3 aromatic carbocycles. The molecule has 4 nitrogen and oxygen atoms in total. The highest BCUT2D eigenvalue weighted by atomic mass is 79.9. The van der Waals surface area contributed by atoms with Crippen molar-refractivity contribution in [2.24, 2.45) is 0 Å². The summed E-state index contributed by atoms with van der Waals surface area (Å²) >= 11 is 3.12. The van der Waals surface area contributed by atoms with Gasteiger partial charge in [-0.2, -0.15) is 0 Å². The zero-order valence-corrected chi connectivity index (χ0v) is 16.1. The summed E-state index contributed by atoms with van der Waals surface area (Å²) in [6, 6.07) is 25.8. The molecule has 6 heteroatoms. The molecule has 3 aromatic rings. The van der Waals surface area contributed by atoms with E-state index < -0.39 is 20.0 Å². The van der Waals surface area contributed by atoms with Crippen LogP contribution in [0, 0.1) is 0 Å². The third kappa shape index (κ3) is 3.71. The highest BCUT2D eigenvalue weighted by molar-refractivity contribution is 9.11. The maximum Gasteiger partial charge on any atom is 0.260 e. The van der Waals surface area contributed by atoms with Crippen molar-refractivity contribution in [3.8, 4) is 0 Å². The van der Waals surface area contributed by atoms with Gasteiger partial charge in [0.15, 0.2) is 9.94 Å². The van der Waals surface area contributed by atoms with Gasteiger partial charge in [0.05, 0.1) is 11.4 Å². The molecule has 0 aromatic heterocycles. The summed E-state index contributed by atoms with van der Waals surface area (Å²) in [5.74, 6) is -0.512. The zero-order valence-electron chi connectivity index (χ0n) is 13.7. The van der Waals surface area contributed by atoms with Gasteiger partial charge in [0.1, 0.15) is 0 Å². The Morgan fingerprint density at radius 1 is 0.731 bits per heavy atom. The minimum atomic E-state index is -4.05. The lowest BCUT2D eigenvalue weighted by Gasteiger charge is -2.26. The number of hydrogen-bond donors (Lipinski definition) is 0. The monoisotopic (exact) mass is 429 g/mol. The summed E-state index contributed by atoms with van der Waals surface area (Å²) in [7, 11) is -4.05. The number of Topliss-reactive ketones (excluding diaryl/α,β-unsaturated/α-hetero) is 1. The van der Waals surface area contributed by atoms with Crippen LogP contribution >= 0.6 is 15.9 Å². The molecule has 132 valence electrons. The van der Waals surface area contributed by atoms with E-state index in [2.05, 4.69) is 15.9 Å². The number of alkyl halides is 1. The fraction of sp³-hybridized carbons (Fsp3) is 0.0500. The maximum absolute atomic E-state index is 13.3. The first-order valence-corrected chi connectivity index (χ1v) is 10.3. The number of carbonyl (C=O) groups excluding carboxylic acids is 1. The van der Waals surface area contributed by atoms with Gasteiger partial charge < -0.3 is 0 Å². The minimum absolute atomic E-state index is 0.332. The van der Waals surface area contributed by atoms with Gasteiger partial charge in [-0.1, -0.05) is 82.7 Å². The van der Waals surface area contributed by atoms with Gasteiger partial charge >= 0.3 is 0 Å². The second-order valence-corrected chi connectivity index (χ2v) is 8.92. The summed E-state index contributed by atoms with van der Waals surface area (Å²) in [5.41, 5.74) is 1.26. The van der Waals surface area contributed by atoms with Crippen LogP contribution in [0.2, 0.25) is 0 Å². The number of rotatable bonds is 6. The topological polar surface area (TPSA) is 54.5 Å². The largest absolute Gasteiger partial charge is 0.292 e. The first-order valence-electron chi connectivity index (χ1n) is 7.89. The molecule has 0 aliphatic carbocycles. The van der Waals surface area contributed by atoms with E-state index in [1.165, 1.54) is 4.31 Å². The number of para-hydroxylation sites is 2. The van der Waals surface area contributed by atoms with Gasteiger partial charge in [0.25, 0.3) is 10.0 Å². The summed E-state index contributed by atoms with van der Waals surface area (Å²) < 4.78 is 26.4. The van der Waals surface area contributed by atoms with E-state index >= 15 is 0 Å². The molecule has 0 amide bonds. The molecule has 0 saturated carbocycles. The zero-order chi connectivity index (χ0) is 18.6. The van der Waals surface area contributed by atoms with Crippen LogP contribution in [0.5, 0.6) is 0 Å². The SMILES string of the molecule is O=C(c1ccccc1)C(Br)S(=O)(=O)N(c1ccccc1)c1ccccc1. The molecular formula is C20H16BrNO3S. The van der Waals surface area contributed by atoms with E-state index in [1.54, 1.807) is 91.0 Å². The van der Waals surface area contributed by atoms with Gasteiger partial charge in [0, 0.05) is 5.56 Å². The number of sulfonamides is 1. The first-order chi connectivity index (χ1) is 12.5. The molecule has 0 bridgehead atoms. The molecule has 0 heterocycles. The van der Waals surface area contributed by atoms with Crippen molar-refractivity contribution >= 4 is 43.1 Å². The van der Waals surface area contributed by atoms with Crippen molar-refractivity contribution in [1.29, 1.82) is 0 Å². The van der Waals surface area contributed by atoms with Gasteiger partial charge in [-0.3, -0.25) is 4.79 Å². The van der Waals surface area contributed by atoms with Gasteiger partial charge in [-0.15, -0.1) is 0 Å². The predicted octanol–water partition coefficient (Wildman–Crippen LogP) is 4.76. The molecule has 26 heavy (non-hydrogen) atoms. The molecule has 0 spiro atoms. The van der Waals surface area contributed by atoms with Gasteiger partial charge in [-0.25, -0.2) is 12.7 Å². The Morgan fingerprint density at radius 2 is 1.12 bits per heavy atom. The lowest BCUT2D eigenvalue weighted by atomic mass is 10.2. The Balaban J connectivity index is 2.07. The van der Waals surface area contributed by atoms with Crippen molar-refractivity contribution < 1.29 is 13.2 Å². The Kier molecular flexibility index (Phi) is 5.54. The molecular weight excluding hydrogens is 414 g/mol. The van der Waals surface area contributed by atoms with Crippen LogP contribution < -0.4 is 4.31 Å². The minimum Gasteiger partial charge on any atom is -0.292 e. The lowest BCUT2D eigenvalue weighted by molar-refractivity contribution is 0.101. The van der Waals surface area contributed by atoms with Crippen molar-refractivity contribution in [3.63, 3.8) is 0 Å². The van der Waals surface area contributed by atoms with E-state index in [4.69, 9.17) is 0 Å². The van der Waals surface area contributed by atoms with Crippen molar-refractivity contribution in [1.82, 2.24) is 0 Å². The normalized spacial score (nSPS) is 12.3. The Labute approximate surface area is 161 Å². The summed E-state index contributed by atoms with van der Waals surface area (Å²) in [5, 5.41) is 0. The molecule has 0 aliphatic rings. The van der Waals surface area contributed by atoms with Crippen molar-refractivity contribution in [2.75, 3.05) is 4.31 Å². The molecule has 0 saturated heterocycles. The molecule has 0 N–H and O–H groups in total. The van der Waals surface area contributed by atoms with Crippen LogP contribution in [0.25, 0.3) is 0 Å². The second-order valence-electron chi connectivity index (χ2n) is 5.53. The van der Waals surface area contributed by atoms with E-state index in [-0.39, 0.29) is 0 Å². The van der Waals surface area contributed by atoms with Crippen LogP contribution in [0.15, 0.2) is 91.0 Å². The van der Waals surface area contributed by atoms with E-state index in [1.807, 2.05) is 0 Å². The van der Waals surface area contributed by atoms with Crippen molar-refractivity contribution in [3.05, 3.63) is 96.6 Å². The fourth-order valence-electron chi connectivity index (χ4n) is 2.53. The molecule has 0 fully saturated rings. The van der Waals surface area contributed by atoms with Crippen LogP contribution in [-0.2, 0) is 10.0 Å². The Morgan fingerprint density at radius 3 is 1.54 bits per heavy atom. The molecule has 1 unspecified atom stereocenters. The van der Waals surface area contributed by atoms with E-state index in [0.717, 1.165) is 0 Å². The lowest BCUT2D eigenvalue weighted by Crippen LogP contribution is -2.37. The second kappa shape index (κ2) is 7.85. The molecule has 3 rings (SSSR count). The number of benzene rings is 3. The van der Waals surface area contributed by atoms with Gasteiger partial charge in [-0.05, 0) is 24.3 Å². The Hall–Kier alpha value is -2.44. The summed E-state index contributed by atoms with van der Waals surface area (Å²) in [6.07, 6.45) is 0. The molecule has 0 aliphatic heterocycles. The Bertz CT molecular complexity index is 938. The fourth-order valence-corrected chi connectivity index (χ4v) is 4.72. The van der Waals surface area contributed by atoms with E-state index in [9.17, 15) is 13.2 Å². The average molecular weight is 430 g/mol. The number of nitrogens with zero attached hydrogens (tertiary/aromatic N) is 1. The van der Waals surface area contributed by atoms with E-state index in [0.29, 0.717) is 16.9 Å². The first kappa shape index (κ1) is 18.4.